The molecule has 15 rings (SSSR count). The number of benzene rings is 12. The Balaban J connectivity index is 1.05. The monoisotopic (exact) mass is 908 g/mol. The van der Waals surface area contributed by atoms with Crippen LogP contribution in [0.5, 0.6) is 0 Å². The Bertz CT molecular complexity index is 4260. The summed E-state index contributed by atoms with van der Waals surface area (Å²) in [6.45, 7) is 0. The Morgan fingerprint density at radius 2 is 0.829 bits per heavy atom. The van der Waals surface area contributed by atoms with Crippen molar-refractivity contribution in [3.63, 3.8) is 0 Å². The van der Waals surface area contributed by atoms with Gasteiger partial charge in [0.05, 0.1) is 11.4 Å². The maximum absolute atomic E-state index is 2.56. The normalized spacial score (nSPS) is 14.8. The van der Waals surface area contributed by atoms with Crippen LogP contribution >= 0.6 is 11.3 Å². The number of rotatable bonds is 7. The van der Waals surface area contributed by atoms with Gasteiger partial charge in [0, 0.05) is 53.7 Å². The van der Waals surface area contributed by atoms with E-state index in [9.17, 15) is 0 Å². The van der Waals surface area contributed by atoms with E-state index in [0.29, 0.717) is 11.8 Å². The van der Waals surface area contributed by atoms with Gasteiger partial charge in [-0.15, -0.1) is 11.3 Å². The molecule has 2 aliphatic carbocycles. The van der Waals surface area contributed by atoms with E-state index in [2.05, 4.69) is 252 Å². The minimum absolute atomic E-state index is 0.572. The van der Waals surface area contributed by atoms with Gasteiger partial charge in [-0.3, -0.25) is 0 Å². The van der Waals surface area contributed by atoms with Crippen LogP contribution in [0.25, 0.3) is 85.5 Å². The summed E-state index contributed by atoms with van der Waals surface area (Å²) in [5, 5.41) is 12.4. The first-order valence-corrected chi connectivity index (χ1v) is 25.3. The molecule has 3 heteroatoms. The van der Waals surface area contributed by atoms with E-state index in [1.165, 1.54) is 97.5 Å². The Morgan fingerprint density at radius 1 is 0.300 bits per heavy atom. The molecule has 0 bridgehead atoms. The van der Waals surface area contributed by atoms with Crippen molar-refractivity contribution in [1.29, 1.82) is 0 Å². The average molecular weight is 909 g/mol. The molecule has 1 aromatic heterocycles. The molecule has 0 saturated heterocycles. The first-order chi connectivity index (χ1) is 34.7. The molecule has 328 valence electrons. The van der Waals surface area contributed by atoms with Crippen LogP contribution in [0.15, 0.2) is 243 Å². The fourth-order valence-corrected chi connectivity index (χ4v) is 13.1. The molecule has 12 aromatic carbocycles. The van der Waals surface area contributed by atoms with Gasteiger partial charge < -0.3 is 9.80 Å². The highest BCUT2D eigenvalue weighted by Gasteiger charge is 2.45. The second kappa shape index (κ2) is 15.5. The number of hydrogen-bond acceptors (Lipinski definition) is 3. The van der Waals surface area contributed by atoms with E-state index < -0.39 is 0 Å². The number of nitrogens with zero attached hydrogens (tertiary/aromatic N) is 2. The van der Waals surface area contributed by atoms with Crippen molar-refractivity contribution in [3.8, 4) is 22.3 Å². The van der Waals surface area contributed by atoms with Crippen LogP contribution in [0.2, 0.25) is 0 Å². The molecule has 0 spiro atoms. The third-order valence-electron chi connectivity index (χ3n) is 15.3. The van der Waals surface area contributed by atoms with Crippen molar-refractivity contribution >= 4 is 109 Å². The van der Waals surface area contributed by atoms with Crippen LogP contribution in [-0.2, 0) is 0 Å². The quantitative estimate of drug-likeness (QED) is 0.147. The fraction of sp³-hybridized carbons (Fsp3) is 0.0448. The van der Waals surface area contributed by atoms with E-state index in [-0.39, 0.29) is 0 Å². The Hall–Kier alpha value is -8.50. The maximum atomic E-state index is 2.56. The minimum atomic E-state index is 0.572. The molecule has 2 aliphatic rings. The van der Waals surface area contributed by atoms with Crippen molar-refractivity contribution in [2.24, 2.45) is 0 Å². The fourth-order valence-electron chi connectivity index (χ4n) is 12.0. The van der Waals surface area contributed by atoms with Crippen molar-refractivity contribution in [2.75, 3.05) is 9.80 Å². The molecule has 0 radical (unpaired) electrons. The molecule has 13 aromatic rings. The average Bonchev–Trinajstić information content (AvgIpc) is 4.15. The number of para-hydroxylation sites is 1. The minimum Gasteiger partial charge on any atom is -0.310 e. The molecule has 2 atom stereocenters. The lowest BCUT2D eigenvalue weighted by Crippen LogP contribution is -2.15. The second-order valence-corrected chi connectivity index (χ2v) is 20.3. The molecule has 1 heterocycles. The summed E-state index contributed by atoms with van der Waals surface area (Å²) in [6, 6.07) is 91.0. The van der Waals surface area contributed by atoms with Gasteiger partial charge in [0.2, 0.25) is 0 Å². The molecule has 0 N–H and O–H groups in total. The van der Waals surface area contributed by atoms with Crippen LogP contribution in [-0.4, -0.2) is 0 Å². The molecule has 0 amide bonds. The third kappa shape index (κ3) is 6.18. The molecule has 2 unspecified atom stereocenters. The molecule has 70 heavy (non-hydrogen) atoms. The van der Waals surface area contributed by atoms with Crippen LogP contribution in [0, 0.1) is 0 Å². The lowest BCUT2D eigenvalue weighted by molar-refractivity contribution is 1.00. The van der Waals surface area contributed by atoms with E-state index in [0.717, 1.165) is 39.7 Å². The van der Waals surface area contributed by atoms with Gasteiger partial charge in [0.1, 0.15) is 0 Å². The highest BCUT2D eigenvalue weighted by Crippen LogP contribution is 2.63. The molecular weight excluding hydrogens is 865 g/mol. The van der Waals surface area contributed by atoms with Gasteiger partial charge in [0.25, 0.3) is 0 Å². The molecule has 1 saturated carbocycles. The second-order valence-electron chi connectivity index (χ2n) is 19.2. The Labute approximate surface area is 410 Å². The summed E-state index contributed by atoms with van der Waals surface area (Å²) in [4.78, 5) is 5.05. The highest BCUT2D eigenvalue weighted by molar-refractivity contribution is 7.25. The van der Waals surface area contributed by atoms with E-state index in [4.69, 9.17) is 0 Å². The summed E-state index contributed by atoms with van der Waals surface area (Å²) >= 11 is 1.87. The maximum Gasteiger partial charge on any atom is 0.0546 e. The van der Waals surface area contributed by atoms with E-state index in [1.807, 2.05) is 11.3 Å². The standard InChI is InChI=1S/C67H44N2S/c1-2-18-46(19-3-1)68(64-37-43-16-4-6-20-50(43)52-22-10-12-26-57(52)64)48-34-45(42-30-33-67-63(36-42)59-28-14-15-29-66(59)70-67)35-49(39-48)69(65-38-44-17-5-7-21-51(44)53-23-11-13-27-58(53)65)47-31-32-56-60(40-47)54-24-8-9-25-55(54)61-41-62(56)61/h1-40,61-62H,41H2. The molecule has 1 fully saturated rings. The topological polar surface area (TPSA) is 6.48 Å². The van der Waals surface area contributed by atoms with Crippen molar-refractivity contribution in [3.05, 3.63) is 254 Å². The number of fused-ring (bicyclic) bond motifs is 15. The highest BCUT2D eigenvalue weighted by atomic mass is 32.1. The summed E-state index contributed by atoms with van der Waals surface area (Å²) in [7, 11) is 0. The first kappa shape index (κ1) is 39.5. The molecule has 0 aliphatic heterocycles. The smallest absolute Gasteiger partial charge is 0.0546 e. The summed E-state index contributed by atoms with van der Waals surface area (Å²) in [5.41, 5.74) is 14.7. The summed E-state index contributed by atoms with van der Waals surface area (Å²) in [6.07, 6.45) is 1.22. The molecular formula is C67H44N2S. The largest absolute Gasteiger partial charge is 0.310 e. The van der Waals surface area contributed by atoms with Crippen molar-refractivity contribution in [1.82, 2.24) is 0 Å². The Kier molecular flexibility index (Phi) is 8.75. The Morgan fingerprint density at radius 3 is 1.51 bits per heavy atom. The van der Waals surface area contributed by atoms with E-state index in [1.54, 1.807) is 0 Å². The van der Waals surface area contributed by atoms with Crippen LogP contribution < -0.4 is 9.80 Å². The zero-order chi connectivity index (χ0) is 45.9. The van der Waals surface area contributed by atoms with Crippen LogP contribution in [0.4, 0.5) is 34.1 Å². The van der Waals surface area contributed by atoms with Gasteiger partial charge in [-0.05, 0) is 157 Å². The van der Waals surface area contributed by atoms with Gasteiger partial charge in [-0.2, -0.15) is 0 Å². The zero-order valence-corrected chi connectivity index (χ0v) is 39.1. The SMILES string of the molecule is c1ccc(N(c2cc(-c3ccc4sc5ccccc5c4c3)cc(N(c3ccc4c(c3)-c3ccccc3C3CC43)c3cc4ccccc4c4ccccc34)c2)c2cc3ccccc3c3ccccc23)cc1. The summed E-state index contributed by atoms with van der Waals surface area (Å²) in [5.74, 6) is 1.19. The van der Waals surface area contributed by atoms with Crippen molar-refractivity contribution < 1.29 is 0 Å². The van der Waals surface area contributed by atoms with Crippen molar-refractivity contribution in [2.45, 2.75) is 18.3 Å². The van der Waals surface area contributed by atoms with Gasteiger partial charge in [0.15, 0.2) is 0 Å². The molecule has 2 nitrogen and oxygen atoms in total. The van der Waals surface area contributed by atoms with E-state index >= 15 is 0 Å². The number of hydrogen-bond donors (Lipinski definition) is 0. The predicted octanol–water partition coefficient (Wildman–Crippen LogP) is 19.5. The predicted molar refractivity (Wildman–Crippen MR) is 300 cm³/mol. The summed E-state index contributed by atoms with van der Waals surface area (Å²) < 4.78 is 2.61. The lowest BCUT2D eigenvalue weighted by Gasteiger charge is -2.32. The van der Waals surface area contributed by atoms with Crippen LogP contribution in [0.3, 0.4) is 0 Å². The van der Waals surface area contributed by atoms with Crippen LogP contribution in [0.1, 0.15) is 29.4 Å². The lowest BCUT2D eigenvalue weighted by atomic mass is 9.85. The van der Waals surface area contributed by atoms with Gasteiger partial charge in [-0.1, -0.05) is 170 Å². The number of anilines is 6. The first-order valence-electron chi connectivity index (χ1n) is 24.5. The third-order valence-corrected chi connectivity index (χ3v) is 16.4. The number of thiophene rings is 1. The zero-order valence-electron chi connectivity index (χ0n) is 38.3. The van der Waals surface area contributed by atoms with Gasteiger partial charge >= 0.3 is 0 Å². The van der Waals surface area contributed by atoms with Gasteiger partial charge in [-0.25, -0.2) is 0 Å².